The molecule has 0 bridgehead atoms. The van der Waals surface area contributed by atoms with E-state index in [0.29, 0.717) is 25.4 Å². The van der Waals surface area contributed by atoms with Crippen molar-refractivity contribution >= 4 is 0 Å². The molecular weight excluding hydrogens is 273 g/mol. The molecule has 20 heavy (non-hydrogen) atoms. The van der Waals surface area contributed by atoms with Crippen molar-refractivity contribution in [1.29, 1.82) is 0 Å². The van der Waals surface area contributed by atoms with Crippen LogP contribution in [0.5, 0.6) is 0 Å². The van der Waals surface area contributed by atoms with E-state index in [-0.39, 0.29) is 11.5 Å². The predicted octanol–water partition coefficient (Wildman–Crippen LogP) is 2.49. The molecule has 0 unspecified atom stereocenters. The summed E-state index contributed by atoms with van der Waals surface area (Å²) in [6, 6.07) is 1.68. The number of nitrogens with zero attached hydrogens (tertiary/aromatic N) is 1. The lowest BCUT2D eigenvalue weighted by atomic mass is 10.2. The number of ether oxygens (including phenoxy) is 1. The molecule has 0 fully saturated rings. The summed E-state index contributed by atoms with van der Waals surface area (Å²) in [7, 11) is 1.59. The molecule has 0 aliphatic carbocycles. The minimum atomic E-state index is -1.51. The van der Waals surface area contributed by atoms with Gasteiger partial charge in [-0.05, 0) is 12.1 Å². The van der Waals surface area contributed by atoms with Crippen LogP contribution in [0.4, 0.5) is 13.2 Å². The van der Waals surface area contributed by atoms with E-state index in [1.54, 1.807) is 7.11 Å². The molecule has 1 aromatic carbocycles. The monoisotopic (exact) mass is 286 g/mol. The van der Waals surface area contributed by atoms with Crippen LogP contribution in [-0.4, -0.2) is 25.2 Å². The number of hydrogen-bond acceptors (Lipinski definition) is 4. The van der Waals surface area contributed by atoms with Gasteiger partial charge in [-0.2, -0.15) is 0 Å². The lowest BCUT2D eigenvalue weighted by Gasteiger charge is -2.00. The first kappa shape index (κ1) is 14.5. The lowest BCUT2D eigenvalue weighted by molar-refractivity contribution is 0.199. The maximum absolute atomic E-state index is 13.1. The van der Waals surface area contributed by atoms with E-state index in [2.05, 4.69) is 10.3 Å². The van der Waals surface area contributed by atoms with Gasteiger partial charge in [0, 0.05) is 25.8 Å². The Morgan fingerprint density at radius 1 is 1.25 bits per heavy atom. The van der Waals surface area contributed by atoms with E-state index in [4.69, 9.17) is 9.15 Å². The highest BCUT2D eigenvalue weighted by Crippen LogP contribution is 2.23. The second kappa shape index (κ2) is 6.53. The molecule has 0 saturated heterocycles. The number of hydrogen-bond donors (Lipinski definition) is 1. The smallest absolute Gasteiger partial charge is 0.226 e. The molecule has 2 rings (SSSR count). The number of rotatable bonds is 6. The quantitative estimate of drug-likeness (QED) is 0.654. The largest absolute Gasteiger partial charge is 0.444 e. The summed E-state index contributed by atoms with van der Waals surface area (Å²) in [5.41, 5.74) is 0.616. The average Bonchev–Trinajstić information content (AvgIpc) is 2.89. The number of benzene rings is 1. The van der Waals surface area contributed by atoms with Gasteiger partial charge < -0.3 is 14.5 Å². The zero-order valence-corrected chi connectivity index (χ0v) is 10.8. The Kier molecular flexibility index (Phi) is 4.75. The second-order valence-electron chi connectivity index (χ2n) is 4.07. The third-order valence-electron chi connectivity index (χ3n) is 2.57. The van der Waals surface area contributed by atoms with Crippen molar-refractivity contribution in [2.75, 3.05) is 20.3 Å². The van der Waals surface area contributed by atoms with Crippen LogP contribution in [-0.2, 0) is 11.3 Å². The minimum Gasteiger partial charge on any atom is -0.444 e. The molecule has 0 aliphatic rings. The normalized spacial score (nSPS) is 11.0. The minimum absolute atomic E-state index is 0.0336. The topological polar surface area (TPSA) is 47.3 Å². The third kappa shape index (κ3) is 3.37. The first-order valence-electron chi connectivity index (χ1n) is 5.90. The Morgan fingerprint density at radius 3 is 2.60 bits per heavy atom. The molecule has 1 aromatic heterocycles. The predicted molar refractivity (Wildman–Crippen MR) is 65.4 cm³/mol. The van der Waals surface area contributed by atoms with Gasteiger partial charge in [-0.1, -0.05) is 0 Å². The van der Waals surface area contributed by atoms with Gasteiger partial charge >= 0.3 is 0 Å². The Morgan fingerprint density at radius 2 is 1.95 bits per heavy atom. The fourth-order valence-electron chi connectivity index (χ4n) is 1.59. The molecule has 0 amide bonds. The van der Waals surface area contributed by atoms with Crippen molar-refractivity contribution < 1.29 is 22.3 Å². The van der Waals surface area contributed by atoms with Gasteiger partial charge in [0.05, 0.1) is 12.3 Å². The molecule has 0 aliphatic heterocycles. The maximum Gasteiger partial charge on any atom is 0.226 e. The van der Waals surface area contributed by atoms with Crippen molar-refractivity contribution in [3.05, 3.63) is 41.5 Å². The lowest BCUT2D eigenvalue weighted by Crippen LogP contribution is -2.18. The van der Waals surface area contributed by atoms with E-state index >= 15 is 0 Å². The first-order chi connectivity index (χ1) is 9.61. The van der Waals surface area contributed by atoms with Gasteiger partial charge in [0.15, 0.2) is 17.5 Å². The van der Waals surface area contributed by atoms with Gasteiger partial charge in [0.25, 0.3) is 0 Å². The molecule has 0 atom stereocenters. The number of methoxy groups -OCH3 is 1. The molecular formula is C13H13F3N2O2. The standard InChI is InChI=1S/C13H13F3N2O2/c1-19-3-2-17-6-9-7-20-13(18-9)8-4-10(14)12(16)11(15)5-8/h4-5,7,17H,2-3,6H2,1H3. The Hall–Kier alpha value is -1.86. The summed E-state index contributed by atoms with van der Waals surface area (Å²) in [5, 5.41) is 3.04. The molecule has 4 nitrogen and oxygen atoms in total. The van der Waals surface area contributed by atoms with E-state index in [1.807, 2.05) is 0 Å². The highest BCUT2D eigenvalue weighted by atomic mass is 19.2. The van der Waals surface area contributed by atoms with E-state index in [9.17, 15) is 13.2 Å². The summed E-state index contributed by atoms with van der Waals surface area (Å²) in [6.07, 6.45) is 1.37. The van der Waals surface area contributed by atoms with Crippen LogP contribution in [0.2, 0.25) is 0 Å². The summed E-state index contributed by atoms with van der Waals surface area (Å²) in [6.45, 7) is 1.62. The van der Waals surface area contributed by atoms with Crippen LogP contribution >= 0.6 is 0 Å². The fourth-order valence-corrected chi connectivity index (χ4v) is 1.59. The highest BCUT2D eigenvalue weighted by Gasteiger charge is 2.14. The van der Waals surface area contributed by atoms with Crippen LogP contribution in [0.1, 0.15) is 5.69 Å². The Labute approximate surface area is 113 Å². The molecule has 1 heterocycles. The molecule has 0 radical (unpaired) electrons. The van der Waals surface area contributed by atoms with Crippen LogP contribution in [0.15, 0.2) is 22.8 Å². The van der Waals surface area contributed by atoms with E-state index in [0.717, 1.165) is 12.1 Å². The zero-order chi connectivity index (χ0) is 14.5. The van der Waals surface area contributed by atoms with Gasteiger partial charge in [0.2, 0.25) is 5.89 Å². The molecule has 1 N–H and O–H groups in total. The molecule has 2 aromatic rings. The number of oxazole rings is 1. The number of aromatic nitrogens is 1. The second-order valence-corrected chi connectivity index (χ2v) is 4.07. The number of nitrogens with one attached hydrogen (secondary N) is 1. The van der Waals surface area contributed by atoms with Crippen LogP contribution in [0, 0.1) is 17.5 Å². The summed E-state index contributed by atoms with van der Waals surface area (Å²) < 4.78 is 49.1. The van der Waals surface area contributed by atoms with Crippen molar-refractivity contribution in [3.63, 3.8) is 0 Å². The summed E-state index contributed by atoms with van der Waals surface area (Å²) in [5.74, 6) is -4.04. The highest BCUT2D eigenvalue weighted by molar-refractivity contribution is 5.53. The molecule has 0 saturated carbocycles. The van der Waals surface area contributed by atoms with Crippen LogP contribution in [0.3, 0.4) is 0 Å². The molecule has 7 heteroatoms. The summed E-state index contributed by atoms with van der Waals surface area (Å²) in [4.78, 5) is 4.06. The molecule has 0 spiro atoms. The van der Waals surface area contributed by atoms with Crippen molar-refractivity contribution in [1.82, 2.24) is 10.3 Å². The van der Waals surface area contributed by atoms with Crippen LogP contribution < -0.4 is 5.32 Å². The fraction of sp³-hybridized carbons (Fsp3) is 0.308. The van der Waals surface area contributed by atoms with Crippen molar-refractivity contribution in [2.24, 2.45) is 0 Å². The van der Waals surface area contributed by atoms with Crippen molar-refractivity contribution in [2.45, 2.75) is 6.54 Å². The Balaban J connectivity index is 2.08. The van der Waals surface area contributed by atoms with E-state index < -0.39 is 17.5 Å². The van der Waals surface area contributed by atoms with Gasteiger partial charge in [-0.25, -0.2) is 18.2 Å². The van der Waals surface area contributed by atoms with Gasteiger partial charge in [-0.3, -0.25) is 0 Å². The zero-order valence-electron chi connectivity index (χ0n) is 10.8. The third-order valence-corrected chi connectivity index (χ3v) is 2.57. The molecule has 108 valence electrons. The summed E-state index contributed by atoms with van der Waals surface area (Å²) >= 11 is 0. The first-order valence-corrected chi connectivity index (χ1v) is 5.90. The van der Waals surface area contributed by atoms with Gasteiger partial charge in [0.1, 0.15) is 6.26 Å². The Bertz CT molecular complexity index is 564. The maximum atomic E-state index is 13.1. The number of halogens is 3. The average molecular weight is 286 g/mol. The van der Waals surface area contributed by atoms with Crippen molar-refractivity contribution in [3.8, 4) is 11.5 Å². The SMILES string of the molecule is COCCNCc1coc(-c2cc(F)c(F)c(F)c2)n1. The van der Waals surface area contributed by atoms with Gasteiger partial charge in [-0.15, -0.1) is 0 Å². The van der Waals surface area contributed by atoms with E-state index in [1.165, 1.54) is 6.26 Å². The van der Waals surface area contributed by atoms with Crippen LogP contribution in [0.25, 0.3) is 11.5 Å².